The van der Waals surface area contributed by atoms with Crippen molar-refractivity contribution in [2.24, 2.45) is 0 Å². The smallest absolute Gasteiger partial charge is 0.311 e. The molecule has 0 unspecified atom stereocenters. The Balaban J connectivity index is 1.73. The maximum atomic E-state index is 13.2. The summed E-state index contributed by atoms with van der Waals surface area (Å²) in [5.74, 6) is -0.352. The average Bonchev–Trinajstić information content (AvgIpc) is 3.34. The molecule has 0 aliphatic heterocycles. The zero-order valence-corrected chi connectivity index (χ0v) is 19.9. The summed E-state index contributed by atoms with van der Waals surface area (Å²) in [7, 11) is 1.32. The van der Waals surface area contributed by atoms with Crippen LogP contribution in [0.2, 0.25) is 5.02 Å². The van der Waals surface area contributed by atoms with Crippen molar-refractivity contribution in [3.63, 3.8) is 0 Å². The number of hydrogen-bond acceptors (Lipinski definition) is 6. The number of nitro groups is 1. The van der Waals surface area contributed by atoms with Gasteiger partial charge in [0.25, 0.3) is 5.91 Å². The van der Waals surface area contributed by atoms with Crippen LogP contribution in [-0.2, 0) is 16.1 Å². The third kappa shape index (κ3) is 6.60. The van der Waals surface area contributed by atoms with Gasteiger partial charge in [-0.15, -0.1) is 0 Å². The minimum atomic E-state index is -0.723. The van der Waals surface area contributed by atoms with Crippen LogP contribution in [0.3, 0.4) is 0 Å². The molecule has 2 amide bonds. The lowest BCUT2D eigenvalue weighted by molar-refractivity contribution is -0.385. The van der Waals surface area contributed by atoms with Crippen LogP contribution < -0.4 is 14.8 Å². The number of benzene rings is 2. The molecule has 9 nitrogen and oxygen atoms in total. The lowest BCUT2D eigenvalue weighted by Crippen LogP contribution is -2.50. The predicted molar refractivity (Wildman–Crippen MR) is 127 cm³/mol. The van der Waals surface area contributed by atoms with Crippen LogP contribution in [-0.4, -0.2) is 47.4 Å². The second-order valence-electron chi connectivity index (χ2n) is 8.19. The van der Waals surface area contributed by atoms with Gasteiger partial charge in [0.15, 0.2) is 6.61 Å². The van der Waals surface area contributed by atoms with Gasteiger partial charge in [0.2, 0.25) is 11.7 Å². The lowest BCUT2D eigenvalue weighted by atomic mass is 10.1. The van der Waals surface area contributed by atoms with Crippen LogP contribution in [0, 0.1) is 10.1 Å². The van der Waals surface area contributed by atoms with Gasteiger partial charge in [-0.3, -0.25) is 19.7 Å². The second-order valence-corrected chi connectivity index (χ2v) is 8.63. The van der Waals surface area contributed by atoms with E-state index in [1.807, 2.05) is 0 Å². The molecule has 1 N–H and O–H groups in total. The van der Waals surface area contributed by atoms with Gasteiger partial charge in [-0.2, -0.15) is 0 Å². The molecule has 0 heterocycles. The maximum absolute atomic E-state index is 13.2. The largest absolute Gasteiger partial charge is 0.490 e. The fraction of sp³-hybridized carbons (Fsp3) is 0.417. The van der Waals surface area contributed by atoms with E-state index in [1.54, 1.807) is 31.2 Å². The highest BCUT2D eigenvalue weighted by atomic mass is 35.5. The van der Waals surface area contributed by atoms with E-state index >= 15 is 0 Å². The number of amides is 2. The molecule has 34 heavy (non-hydrogen) atoms. The molecular weight excluding hydrogens is 462 g/mol. The number of hydrogen-bond donors (Lipinski definition) is 1. The molecule has 2 aromatic rings. The zero-order valence-electron chi connectivity index (χ0n) is 19.2. The first-order valence-electron chi connectivity index (χ1n) is 11.1. The van der Waals surface area contributed by atoms with Gasteiger partial charge >= 0.3 is 5.69 Å². The molecule has 1 atom stereocenters. The van der Waals surface area contributed by atoms with Crippen molar-refractivity contribution in [3.8, 4) is 11.5 Å². The van der Waals surface area contributed by atoms with Crippen LogP contribution in [0.4, 0.5) is 5.69 Å². The summed E-state index contributed by atoms with van der Waals surface area (Å²) in [6.07, 6.45) is 4.04. The first kappa shape index (κ1) is 25.3. The zero-order chi connectivity index (χ0) is 24.7. The van der Waals surface area contributed by atoms with Gasteiger partial charge in [0.1, 0.15) is 11.8 Å². The third-order valence-electron chi connectivity index (χ3n) is 5.85. The number of carbonyl (C=O) groups is 2. The Labute approximate surface area is 203 Å². The van der Waals surface area contributed by atoms with Gasteiger partial charge in [-0.05, 0) is 43.5 Å². The molecule has 0 radical (unpaired) electrons. The Kier molecular flexibility index (Phi) is 8.70. The van der Waals surface area contributed by atoms with Crippen LogP contribution in [0.1, 0.15) is 38.2 Å². The Bertz CT molecular complexity index is 1020. The summed E-state index contributed by atoms with van der Waals surface area (Å²) >= 11 is 5.97. The van der Waals surface area contributed by atoms with E-state index in [4.69, 9.17) is 21.1 Å². The normalized spacial score (nSPS) is 14.3. The van der Waals surface area contributed by atoms with Gasteiger partial charge < -0.3 is 19.7 Å². The number of nitrogens with one attached hydrogen (secondary N) is 1. The molecule has 0 spiro atoms. The van der Waals surface area contributed by atoms with Crippen LogP contribution in [0.25, 0.3) is 0 Å². The van der Waals surface area contributed by atoms with Crippen molar-refractivity contribution in [1.29, 1.82) is 0 Å². The van der Waals surface area contributed by atoms with Crippen molar-refractivity contribution in [2.75, 3.05) is 13.7 Å². The van der Waals surface area contributed by atoms with E-state index in [2.05, 4.69) is 5.32 Å². The van der Waals surface area contributed by atoms with E-state index in [1.165, 1.54) is 30.2 Å². The molecule has 0 aromatic heterocycles. The standard InChI is InChI=1S/C24H28ClN3O6/c1-16(24(30)26-19-5-3-4-6-19)27(14-17-7-9-18(25)10-8-17)23(29)15-34-20-11-12-21(28(31)32)22(13-20)33-2/h7-13,16,19H,3-6,14-15H2,1-2H3,(H,26,30)/t16-/m1/s1. The van der Waals surface area contributed by atoms with Crippen molar-refractivity contribution < 1.29 is 24.0 Å². The first-order chi connectivity index (χ1) is 16.3. The topological polar surface area (TPSA) is 111 Å². The summed E-state index contributed by atoms with van der Waals surface area (Å²) in [6.45, 7) is 1.53. The molecule has 1 aliphatic carbocycles. The molecule has 0 bridgehead atoms. The summed E-state index contributed by atoms with van der Waals surface area (Å²) < 4.78 is 10.6. The molecule has 3 rings (SSSR count). The molecule has 0 saturated heterocycles. The molecule has 1 saturated carbocycles. The van der Waals surface area contributed by atoms with Crippen molar-refractivity contribution >= 4 is 29.1 Å². The maximum Gasteiger partial charge on any atom is 0.311 e. The number of methoxy groups -OCH3 is 1. The van der Waals surface area contributed by atoms with Gasteiger partial charge in [0.05, 0.1) is 12.0 Å². The van der Waals surface area contributed by atoms with E-state index in [-0.39, 0.29) is 42.3 Å². The number of halogens is 1. The number of nitro benzene ring substituents is 1. The molecule has 2 aromatic carbocycles. The third-order valence-corrected chi connectivity index (χ3v) is 6.10. The Morgan fingerprint density at radius 1 is 1.21 bits per heavy atom. The fourth-order valence-corrected chi connectivity index (χ4v) is 4.01. The summed E-state index contributed by atoms with van der Waals surface area (Å²) in [4.78, 5) is 38.0. The molecule has 1 aliphatic rings. The highest BCUT2D eigenvalue weighted by Crippen LogP contribution is 2.30. The summed E-state index contributed by atoms with van der Waals surface area (Å²) in [6, 6.07) is 10.5. The van der Waals surface area contributed by atoms with Crippen molar-refractivity contribution in [1.82, 2.24) is 10.2 Å². The van der Waals surface area contributed by atoms with Gasteiger partial charge in [-0.1, -0.05) is 36.6 Å². The lowest BCUT2D eigenvalue weighted by Gasteiger charge is -2.29. The molecular formula is C24H28ClN3O6. The number of nitrogens with zero attached hydrogens (tertiary/aromatic N) is 2. The Morgan fingerprint density at radius 2 is 1.88 bits per heavy atom. The molecule has 182 valence electrons. The van der Waals surface area contributed by atoms with Gasteiger partial charge in [-0.25, -0.2) is 0 Å². The molecule has 10 heteroatoms. The number of ether oxygens (including phenoxy) is 2. The SMILES string of the molecule is COc1cc(OCC(=O)N(Cc2ccc(Cl)cc2)[C@H](C)C(=O)NC2CCCC2)ccc1[N+](=O)[O-]. The average molecular weight is 490 g/mol. The highest BCUT2D eigenvalue weighted by molar-refractivity contribution is 6.30. The summed E-state index contributed by atoms with van der Waals surface area (Å²) in [5.41, 5.74) is 0.609. The van der Waals surface area contributed by atoms with Crippen LogP contribution in [0.5, 0.6) is 11.5 Å². The molecule has 1 fully saturated rings. The fourth-order valence-electron chi connectivity index (χ4n) is 3.89. The van der Waals surface area contributed by atoms with Gasteiger partial charge in [0, 0.05) is 29.7 Å². The number of carbonyl (C=O) groups excluding carboxylic acids is 2. The minimum absolute atomic E-state index is 0.0253. The Hall–Kier alpha value is -3.33. The second kappa shape index (κ2) is 11.7. The minimum Gasteiger partial charge on any atom is -0.490 e. The van der Waals surface area contributed by atoms with Crippen LogP contribution >= 0.6 is 11.6 Å². The van der Waals surface area contributed by atoms with Crippen LogP contribution in [0.15, 0.2) is 42.5 Å². The first-order valence-corrected chi connectivity index (χ1v) is 11.5. The monoisotopic (exact) mass is 489 g/mol. The quantitative estimate of drug-likeness (QED) is 0.397. The van der Waals surface area contributed by atoms with Crippen molar-refractivity contribution in [3.05, 3.63) is 63.2 Å². The van der Waals surface area contributed by atoms with Crippen molar-refractivity contribution in [2.45, 2.75) is 51.2 Å². The van der Waals surface area contributed by atoms with E-state index in [9.17, 15) is 19.7 Å². The highest BCUT2D eigenvalue weighted by Gasteiger charge is 2.29. The Morgan fingerprint density at radius 3 is 2.50 bits per heavy atom. The summed E-state index contributed by atoms with van der Waals surface area (Å²) in [5, 5.41) is 14.7. The van der Waals surface area contributed by atoms with E-state index in [0.717, 1.165) is 31.2 Å². The van der Waals surface area contributed by atoms with E-state index in [0.29, 0.717) is 5.02 Å². The predicted octanol–water partition coefficient (Wildman–Crippen LogP) is 4.11. The number of rotatable bonds is 10. The van der Waals surface area contributed by atoms with E-state index < -0.39 is 16.9 Å².